The SMILES string of the molecule is C1=CC(=[N+](c2ccccc2)c2ccccc2)C=CC1=CC=C1C=CC(=[N+](c2ccccc2)c2ccccc2)C=C1. The van der Waals surface area contributed by atoms with Gasteiger partial charge in [-0.05, 0) is 35.5 Å². The number of nitrogens with zero attached hydrogens (tertiary/aromatic N) is 2. The van der Waals surface area contributed by atoms with Gasteiger partial charge in [0.1, 0.15) is 0 Å². The van der Waals surface area contributed by atoms with E-state index in [9.17, 15) is 0 Å². The summed E-state index contributed by atoms with van der Waals surface area (Å²) < 4.78 is 4.55. The van der Waals surface area contributed by atoms with E-state index in [0.29, 0.717) is 0 Å². The van der Waals surface area contributed by atoms with Crippen molar-refractivity contribution in [3.63, 3.8) is 0 Å². The minimum absolute atomic E-state index is 1.13. The summed E-state index contributed by atoms with van der Waals surface area (Å²) in [6, 6.07) is 41.9. The third-order valence-corrected chi connectivity index (χ3v) is 6.83. The molecule has 2 nitrogen and oxygen atoms in total. The van der Waals surface area contributed by atoms with Gasteiger partial charge in [-0.15, -0.1) is 0 Å². The number of benzene rings is 4. The van der Waals surface area contributed by atoms with Crippen LogP contribution in [0.2, 0.25) is 0 Å². The van der Waals surface area contributed by atoms with Gasteiger partial charge in [0.2, 0.25) is 34.2 Å². The van der Waals surface area contributed by atoms with Crippen LogP contribution in [0.15, 0.2) is 193 Å². The molecule has 0 N–H and O–H groups in total. The van der Waals surface area contributed by atoms with E-state index in [2.05, 4.69) is 167 Å². The smallest absolute Gasteiger partial charge is 0.154 e. The first-order chi connectivity index (χ1) is 19.8. The molecule has 2 aliphatic carbocycles. The van der Waals surface area contributed by atoms with Crippen LogP contribution in [0, 0.1) is 0 Å². The second-order valence-corrected chi connectivity index (χ2v) is 9.53. The summed E-state index contributed by atoms with van der Waals surface area (Å²) in [4.78, 5) is 0. The zero-order valence-electron chi connectivity index (χ0n) is 22.2. The fourth-order valence-electron chi connectivity index (χ4n) is 4.86. The fraction of sp³-hybridized carbons (Fsp3) is 0. The molecule has 0 saturated heterocycles. The van der Waals surface area contributed by atoms with Crippen molar-refractivity contribution in [1.29, 1.82) is 0 Å². The third kappa shape index (κ3) is 5.72. The van der Waals surface area contributed by atoms with Gasteiger partial charge in [0, 0.05) is 72.8 Å². The molecular formula is C38H30N2+2. The van der Waals surface area contributed by atoms with E-state index >= 15 is 0 Å². The molecule has 6 rings (SSSR count). The summed E-state index contributed by atoms with van der Waals surface area (Å²) in [5.41, 5.74) is 9.11. The van der Waals surface area contributed by atoms with Crippen LogP contribution in [0.1, 0.15) is 0 Å². The second-order valence-electron chi connectivity index (χ2n) is 9.53. The molecule has 0 atom stereocenters. The Balaban J connectivity index is 1.26. The van der Waals surface area contributed by atoms with Gasteiger partial charge in [0.05, 0.1) is 0 Å². The normalized spacial score (nSPS) is 13.9. The molecule has 0 saturated carbocycles. The van der Waals surface area contributed by atoms with Crippen LogP contribution in [0.3, 0.4) is 0 Å². The maximum Gasteiger partial charge on any atom is 0.211 e. The quantitative estimate of drug-likeness (QED) is 0.234. The van der Waals surface area contributed by atoms with Gasteiger partial charge >= 0.3 is 0 Å². The highest BCUT2D eigenvalue weighted by Crippen LogP contribution is 2.24. The van der Waals surface area contributed by atoms with E-state index in [-0.39, 0.29) is 0 Å². The van der Waals surface area contributed by atoms with Crippen molar-refractivity contribution in [3.8, 4) is 0 Å². The van der Waals surface area contributed by atoms with Crippen LogP contribution in [0.25, 0.3) is 0 Å². The van der Waals surface area contributed by atoms with E-state index < -0.39 is 0 Å². The lowest BCUT2D eigenvalue weighted by atomic mass is 10.0. The summed E-state index contributed by atoms with van der Waals surface area (Å²) in [5.74, 6) is 0. The van der Waals surface area contributed by atoms with Crippen LogP contribution in [-0.4, -0.2) is 11.4 Å². The summed E-state index contributed by atoms with van der Waals surface area (Å²) in [7, 11) is 0. The van der Waals surface area contributed by atoms with E-state index in [0.717, 1.165) is 45.3 Å². The molecule has 0 bridgehead atoms. The zero-order valence-corrected chi connectivity index (χ0v) is 22.2. The van der Waals surface area contributed by atoms with Crippen LogP contribution >= 0.6 is 0 Å². The summed E-state index contributed by atoms with van der Waals surface area (Å²) >= 11 is 0. The molecule has 0 spiro atoms. The molecule has 2 aliphatic rings. The third-order valence-electron chi connectivity index (χ3n) is 6.83. The molecule has 0 fully saturated rings. The predicted octanol–water partition coefficient (Wildman–Crippen LogP) is 9.04. The molecule has 4 aromatic rings. The van der Waals surface area contributed by atoms with Gasteiger partial charge in [0.25, 0.3) is 0 Å². The molecule has 0 radical (unpaired) electrons. The molecule has 0 amide bonds. The van der Waals surface area contributed by atoms with E-state index in [4.69, 9.17) is 0 Å². The monoisotopic (exact) mass is 514 g/mol. The molecule has 0 aliphatic heterocycles. The molecule has 190 valence electrons. The van der Waals surface area contributed by atoms with Crippen molar-refractivity contribution in [1.82, 2.24) is 9.15 Å². The Hall–Kier alpha value is -5.34. The maximum absolute atomic E-state index is 2.28. The number of rotatable bonds is 5. The number of hydrogen-bond acceptors (Lipinski definition) is 0. The summed E-state index contributed by atoms with van der Waals surface area (Å²) in [6.45, 7) is 0. The Kier molecular flexibility index (Phi) is 7.50. The largest absolute Gasteiger partial charge is 0.211 e. The lowest BCUT2D eigenvalue weighted by molar-refractivity contribution is 1.09. The molecule has 4 aromatic carbocycles. The minimum Gasteiger partial charge on any atom is -0.154 e. The van der Waals surface area contributed by atoms with Crippen LogP contribution < -0.4 is 9.15 Å². The van der Waals surface area contributed by atoms with Crippen molar-refractivity contribution in [2.75, 3.05) is 0 Å². The van der Waals surface area contributed by atoms with Crippen LogP contribution in [0.5, 0.6) is 0 Å². The number of para-hydroxylation sites is 4. The summed E-state index contributed by atoms with van der Waals surface area (Å²) in [5, 5.41) is 0. The van der Waals surface area contributed by atoms with Crippen molar-refractivity contribution < 1.29 is 0 Å². The van der Waals surface area contributed by atoms with E-state index in [1.165, 1.54) is 0 Å². The molecular weight excluding hydrogens is 484 g/mol. The first kappa shape index (κ1) is 25.0. The van der Waals surface area contributed by atoms with Gasteiger partial charge in [-0.2, -0.15) is 9.15 Å². The van der Waals surface area contributed by atoms with Gasteiger partial charge in [-0.1, -0.05) is 84.9 Å². The molecule has 40 heavy (non-hydrogen) atoms. The second kappa shape index (κ2) is 12.0. The lowest BCUT2D eigenvalue weighted by Crippen LogP contribution is -2.14. The highest BCUT2D eigenvalue weighted by Gasteiger charge is 2.19. The number of hydrogen-bond donors (Lipinski definition) is 0. The maximum atomic E-state index is 2.28. The predicted molar refractivity (Wildman–Crippen MR) is 171 cm³/mol. The van der Waals surface area contributed by atoms with Crippen molar-refractivity contribution in [2.24, 2.45) is 0 Å². The van der Waals surface area contributed by atoms with Crippen molar-refractivity contribution >= 4 is 34.2 Å². The molecule has 2 heteroatoms. The average molecular weight is 515 g/mol. The first-order valence-corrected chi connectivity index (χ1v) is 13.5. The Morgan fingerprint density at radius 2 is 0.550 bits per heavy atom. The first-order valence-electron chi connectivity index (χ1n) is 13.5. The van der Waals surface area contributed by atoms with Crippen LogP contribution in [-0.2, 0) is 0 Å². The topological polar surface area (TPSA) is 6.02 Å². The molecule has 0 aromatic heterocycles. The Labute approximate surface area is 236 Å². The Morgan fingerprint density at radius 3 is 0.800 bits per heavy atom. The van der Waals surface area contributed by atoms with Gasteiger partial charge in [-0.25, -0.2) is 0 Å². The number of allylic oxidation sites excluding steroid dienone is 12. The molecule has 0 heterocycles. The standard InChI is InChI=1S/C38H30N2/c1-5-13-33(14-6-1)39(34-15-7-2-8-16-34)37-27-23-31(24-28-37)21-22-32-25-29-38(30-26-32)40(35-17-9-3-10-18-35)36-19-11-4-12-20-36/h1-30H/q+2. The van der Waals surface area contributed by atoms with Gasteiger partial charge in [0.15, 0.2) is 0 Å². The fourth-order valence-corrected chi connectivity index (χ4v) is 4.86. The zero-order chi connectivity index (χ0) is 27.0. The highest BCUT2D eigenvalue weighted by molar-refractivity contribution is 6.09. The lowest BCUT2D eigenvalue weighted by Gasteiger charge is -2.08. The molecule has 0 unspecified atom stereocenters. The van der Waals surface area contributed by atoms with Crippen molar-refractivity contribution in [3.05, 3.63) is 193 Å². The van der Waals surface area contributed by atoms with Gasteiger partial charge < -0.3 is 0 Å². The average Bonchev–Trinajstić information content (AvgIpc) is 3.04. The highest BCUT2D eigenvalue weighted by atomic mass is 15.0. The van der Waals surface area contributed by atoms with Gasteiger partial charge in [-0.3, -0.25) is 0 Å². The van der Waals surface area contributed by atoms with Crippen LogP contribution in [0.4, 0.5) is 22.7 Å². The Morgan fingerprint density at radius 1 is 0.300 bits per heavy atom. The Bertz CT molecular complexity index is 1480. The minimum atomic E-state index is 1.13. The summed E-state index contributed by atoms with van der Waals surface area (Å²) in [6.07, 6.45) is 21.7. The van der Waals surface area contributed by atoms with Crippen molar-refractivity contribution in [2.45, 2.75) is 0 Å². The van der Waals surface area contributed by atoms with E-state index in [1.54, 1.807) is 0 Å². The van der Waals surface area contributed by atoms with E-state index in [1.807, 2.05) is 24.3 Å².